The lowest BCUT2D eigenvalue weighted by Crippen LogP contribution is -2.10. The molecule has 9 heteroatoms. The molecule has 0 radical (unpaired) electrons. The molecule has 1 aromatic carbocycles. The number of rotatable bonds is 5. The number of benzene rings is 1. The van der Waals surface area contributed by atoms with Gasteiger partial charge >= 0.3 is 0 Å². The minimum atomic E-state index is -0.412. The highest BCUT2D eigenvalue weighted by atomic mass is 32.1. The molecule has 28 heavy (non-hydrogen) atoms. The number of aromatic nitrogens is 4. The van der Waals surface area contributed by atoms with E-state index in [4.69, 9.17) is 9.26 Å². The number of nitrogens with one attached hydrogen (secondary N) is 1. The topological polar surface area (TPSA) is 95.1 Å². The fourth-order valence-electron chi connectivity index (χ4n) is 2.66. The first kappa shape index (κ1) is 17.9. The second-order valence-electron chi connectivity index (χ2n) is 6.07. The van der Waals surface area contributed by atoms with Gasteiger partial charge < -0.3 is 9.26 Å². The number of ether oxygens (including phenoxy) is 1. The fourth-order valence-corrected chi connectivity index (χ4v) is 3.37. The lowest BCUT2D eigenvalue weighted by Gasteiger charge is -2.00. The molecule has 1 N–H and O–H groups in total. The number of aryl methyl sites for hydroxylation is 1. The maximum atomic E-state index is 12.5. The normalized spacial score (nSPS) is 10.8. The lowest BCUT2D eigenvalue weighted by molar-refractivity contribution is 0.0988. The quantitative estimate of drug-likeness (QED) is 0.553. The van der Waals surface area contributed by atoms with Gasteiger partial charge in [0, 0.05) is 35.3 Å². The number of thiazole rings is 1. The summed E-state index contributed by atoms with van der Waals surface area (Å²) >= 11 is 1.33. The second-order valence-corrected chi connectivity index (χ2v) is 6.93. The Balaban J connectivity index is 1.50. The molecule has 0 spiro atoms. The molecule has 0 unspecified atom stereocenters. The average Bonchev–Trinajstić information content (AvgIpc) is 3.43. The van der Waals surface area contributed by atoms with Crippen molar-refractivity contribution in [2.24, 2.45) is 7.05 Å². The largest absolute Gasteiger partial charge is 0.497 e. The van der Waals surface area contributed by atoms with Crippen LogP contribution in [0.4, 0.5) is 5.13 Å². The number of nitrogens with zero attached hydrogens (tertiary/aromatic N) is 4. The van der Waals surface area contributed by atoms with Gasteiger partial charge in [-0.25, -0.2) is 4.98 Å². The third kappa shape index (κ3) is 3.39. The summed E-state index contributed by atoms with van der Waals surface area (Å²) in [4.78, 5) is 16.9. The summed E-state index contributed by atoms with van der Waals surface area (Å²) in [6.07, 6.45) is 1.76. The van der Waals surface area contributed by atoms with Gasteiger partial charge in [-0.15, -0.1) is 11.3 Å². The maximum Gasteiger partial charge on any atom is 0.296 e. The van der Waals surface area contributed by atoms with E-state index in [2.05, 4.69) is 20.6 Å². The highest BCUT2D eigenvalue weighted by Crippen LogP contribution is 2.28. The van der Waals surface area contributed by atoms with E-state index in [1.807, 2.05) is 43.6 Å². The molecule has 0 saturated heterocycles. The zero-order valence-electron chi connectivity index (χ0n) is 15.5. The molecule has 0 saturated carbocycles. The molecule has 4 rings (SSSR count). The number of methoxy groups -OCH3 is 1. The first-order chi connectivity index (χ1) is 13.5. The van der Waals surface area contributed by atoms with Crippen LogP contribution in [0.15, 0.2) is 46.4 Å². The van der Waals surface area contributed by atoms with Crippen LogP contribution in [0.25, 0.3) is 22.5 Å². The van der Waals surface area contributed by atoms with Crippen molar-refractivity contribution in [1.82, 2.24) is 19.9 Å². The Hall–Kier alpha value is -3.46. The Morgan fingerprint density at radius 3 is 2.89 bits per heavy atom. The Bertz CT molecular complexity index is 1140. The van der Waals surface area contributed by atoms with Gasteiger partial charge in [0.05, 0.1) is 19.0 Å². The van der Waals surface area contributed by atoms with Crippen LogP contribution in [0, 0.1) is 6.92 Å². The van der Waals surface area contributed by atoms with Crippen molar-refractivity contribution in [3.63, 3.8) is 0 Å². The smallest absolute Gasteiger partial charge is 0.296 e. The molecule has 0 bridgehead atoms. The molecule has 3 heterocycles. The average molecular weight is 395 g/mol. The van der Waals surface area contributed by atoms with Gasteiger partial charge in [-0.3, -0.25) is 14.8 Å². The molecule has 0 aliphatic rings. The van der Waals surface area contributed by atoms with E-state index in [1.165, 1.54) is 11.3 Å². The number of hydrogen-bond donors (Lipinski definition) is 1. The van der Waals surface area contributed by atoms with Crippen molar-refractivity contribution in [3.05, 3.63) is 53.4 Å². The summed E-state index contributed by atoms with van der Waals surface area (Å²) in [5, 5.41) is 13.3. The molecule has 0 atom stereocenters. The summed E-state index contributed by atoms with van der Waals surface area (Å²) < 4.78 is 12.2. The minimum absolute atomic E-state index is 0.104. The summed E-state index contributed by atoms with van der Waals surface area (Å²) in [7, 11) is 3.47. The van der Waals surface area contributed by atoms with Crippen molar-refractivity contribution in [3.8, 4) is 28.3 Å². The van der Waals surface area contributed by atoms with E-state index in [0.29, 0.717) is 16.6 Å². The summed E-state index contributed by atoms with van der Waals surface area (Å²) in [6, 6.07) is 8.96. The van der Waals surface area contributed by atoms with Gasteiger partial charge in [-0.1, -0.05) is 17.3 Å². The van der Waals surface area contributed by atoms with E-state index in [-0.39, 0.29) is 5.76 Å². The second kappa shape index (κ2) is 7.28. The third-order valence-corrected chi connectivity index (χ3v) is 5.09. The molecule has 0 fully saturated rings. The lowest BCUT2D eigenvalue weighted by atomic mass is 10.1. The number of amides is 1. The molecule has 8 nitrogen and oxygen atoms in total. The SMILES string of the molecule is COc1cccc(-c2cc(C(=O)Nc3nc(-c4cnn(C)c4C)cs3)on2)c1. The van der Waals surface area contributed by atoms with Gasteiger partial charge in [0.1, 0.15) is 11.4 Å². The van der Waals surface area contributed by atoms with Crippen LogP contribution in [0.3, 0.4) is 0 Å². The molecular formula is C19H17N5O3S. The van der Waals surface area contributed by atoms with Gasteiger partial charge in [0.25, 0.3) is 5.91 Å². The van der Waals surface area contributed by atoms with Crippen LogP contribution in [-0.4, -0.2) is 32.9 Å². The van der Waals surface area contributed by atoms with Crippen molar-refractivity contribution >= 4 is 22.4 Å². The molecular weight excluding hydrogens is 378 g/mol. The van der Waals surface area contributed by atoms with E-state index < -0.39 is 5.91 Å². The first-order valence-electron chi connectivity index (χ1n) is 8.42. The third-order valence-electron chi connectivity index (χ3n) is 4.34. The number of anilines is 1. The van der Waals surface area contributed by atoms with Crippen molar-refractivity contribution in [2.45, 2.75) is 6.92 Å². The van der Waals surface area contributed by atoms with E-state index >= 15 is 0 Å². The molecule has 3 aromatic heterocycles. The van der Waals surface area contributed by atoms with Crippen LogP contribution in [0.1, 0.15) is 16.2 Å². The molecule has 142 valence electrons. The Labute approximate surface area is 164 Å². The van der Waals surface area contributed by atoms with E-state index in [0.717, 1.165) is 22.5 Å². The number of hydrogen-bond acceptors (Lipinski definition) is 7. The van der Waals surface area contributed by atoms with Crippen molar-refractivity contribution in [1.29, 1.82) is 0 Å². The highest BCUT2D eigenvalue weighted by molar-refractivity contribution is 7.14. The van der Waals surface area contributed by atoms with Gasteiger partial charge in [0.15, 0.2) is 5.13 Å². The summed E-state index contributed by atoms with van der Waals surface area (Å²) in [5.74, 6) is 0.394. The Morgan fingerprint density at radius 2 is 2.14 bits per heavy atom. The predicted molar refractivity (Wildman–Crippen MR) is 105 cm³/mol. The fraction of sp³-hybridized carbons (Fsp3) is 0.158. The zero-order chi connectivity index (χ0) is 19.7. The highest BCUT2D eigenvalue weighted by Gasteiger charge is 2.17. The van der Waals surface area contributed by atoms with Crippen LogP contribution in [0.2, 0.25) is 0 Å². The van der Waals surface area contributed by atoms with Crippen LogP contribution in [0.5, 0.6) is 5.75 Å². The predicted octanol–water partition coefficient (Wildman–Crippen LogP) is 3.77. The van der Waals surface area contributed by atoms with E-state index in [9.17, 15) is 4.79 Å². The Kier molecular flexibility index (Phi) is 4.66. The molecule has 4 aromatic rings. The first-order valence-corrected chi connectivity index (χ1v) is 9.30. The Morgan fingerprint density at radius 1 is 1.29 bits per heavy atom. The minimum Gasteiger partial charge on any atom is -0.497 e. The van der Waals surface area contributed by atoms with E-state index in [1.54, 1.807) is 24.1 Å². The summed E-state index contributed by atoms with van der Waals surface area (Å²) in [6.45, 7) is 1.97. The van der Waals surface area contributed by atoms with Crippen LogP contribution in [-0.2, 0) is 7.05 Å². The molecule has 0 aliphatic heterocycles. The van der Waals surface area contributed by atoms with Crippen molar-refractivity contribution < 1.29 is 14.1 Å². The van der Waals surface area contributed by atoms with Crippen LogP contribution < -0.4 is 10.1 Å². The molecule has 1 amide bonds. The maximum absolute atomic E-state index is 12.5. The standard InChI is InChI=1S/C19H17N5O3S/c1-11-14(9-20-24(11)2)16-10-28-19(21-16)22-18(25)17-8-15(23-27-17)12-5-4-6-13(7-12)26-3/h4-10H,1-3H3,(H,21,22,25). The van der Waals surface area contributed by atoms with Gasteiger partial charge in [0.2, 0.25) is 5.76 Å². The van der Waals surface area contributed by atoms with Gasteiger partial charge in [-0.05, 0) is 19.1 Å². The van der Waals surface area contributed by atoms with Crippen LogP contribution >= 0.6 is 11.3 Å². The number of carbonyl (C=O) groups is 1. The van der Waals surface area contributed by atoms with Crippen molar-refractivity contribution in [2.75, 3.05) is 12.4 Å². The monoisotopic (exact) mass is 395 g/mol. The number of carbonyl (C=O) groups excluding carboxylic acids is 1. The summed E-state index contributed by atoms with van der Waals surface area (Å²) in [5.41, 5.74) is 4.04. The zero-order valence-corrected chi connectivity index (χ0v) is 16.3. The molecule has 0 aliphatic carbocycles. The van der Waals surface area contributed by atoms with Gasteiger partial charge in [-0.2, -0.15) is 5.10 Å².